The van der Waals surface area contributed by atoms with E-state index >= 15 is 0 Å². The molecule has 3 aromatic heterocycles. The second kappa shape index (κ2) is 12.8. The zero-order valence-corrected chi connectivity index (χ0v) is 25.3. The topological polar surface area (TPSA) is 99.5 Å². The molecule has 9 nitrogen and oxygen atoms in total. The number of benzene rings is 1. The van der Waals surface area contributed by atoms with Gasteiger partial charge in [-0.3, -0.25) is 0 Å². The van der Waals surface area contributed by atoms with Crippen LogP contribution in [0.3, 0.4) is 0 Å². The summed E-state index contributed by atoms with van der Waals surface area (Å²) in [5.41, 5.74) is 2.78. The van der Waals surface area contributed by atoms with Crippen LogP contribution in [0, 0.1) is 0 Å². The van der Waals surface area contributed by atoms with Crippen molar-refractivity contribution >= 4 is 45.6 Å². The fourth-order valence-corrected chi connectivity index (χ4v) is 6.68. The third kappa shape index (κ3) is 6.79. The molecular formula is C29H33ClF3N7O2S. The van der Waals surface area contributed by atoms with Crippen LogP contribution in [0.1, 0.15) is 29.7 Å². The van der Waals surface area contributed by atoms with E-state index < -0.39 is 18.7 Å². The summed E-state index contributed by atoms with van der Waals surface area (Å²) in [4.78, 5) is 13.3. The smallest absolute Gasteiger partial charge is 0.393 e. The van der Waals surface area contributed by atoms with Crippen molar-refractivity contribution in [3.63, 3.8) is 0 Å². The van der Waals surface area contributed by atoms with Gasteiger partial charge in [0.2, 0.25) is 0 Å². The highest BCUT2D eigenvalue weighted by atomic mass is 35.5. The van der Waals surface area contributed by atoms with Crippen LogP contribution in [0.4, 0.5) is 24.8 Å². The predicted octanol–water partition coefficient (Wildman–Crippen LogP) is 5.01. The van der Waals surface area contributed by atoms with Crippen molar-refractivity contribution < 1.29 is 23.0 Å². The predicted molar refractivity (Wildman–Crippen MR) is 163 cm³/mol. The van der Waals surface area contributed by atoms with E-state index in [1.54, 1.807) is 7.11 Å². The molecule has 0 unspecified atom stereocenters. The minimum absolute atomic E-state index is 0. The van der Waals surface area contributed by atoms with Gasteiger partial charge in [-0.15, -0.1) is 33.9 Å². The molecular weight excluding hydrogens is 603 g/mol. The van der Waals surface area contributed by atoms with E-state index in [-0.39, 0.29) is 29.4 Å². The third-order valence-electron chi connectivity index (χ3n) is 8.02. The zero-order valence-electron chi connectivity index (χ0n) is 23.7. The molecule has 3 atom stereocenters. The van der Waals surface area contributed by atoms with Crippen LogP contribution in [0.5, 0.6) is 5.75 Å². The van der Waals surface area contributed by atoms with E-state index in [1.165, 1.54) is 12.4 Å². The Hall–Kier alpha value is -3.26. The molecule has 1 aliphatic carbocycles. The molecule has 1 aromatic carbocycles. The number of aliphatic hydroxyl groups excluding tert-OH is 1. The first-order chi connectivity index (χ1) is 20.2. The molecule has 2 N–H and O–H groups in total. The number of nitrogens with zero attached hydrogens (tertiary/aromatic N) is 6. The van der Waals surface area contributed by atoms with Crippen LogP contribution in [0.15, 0.2) is 42.7 Å². The van der Waals surface area contributed by atoms with E-state index in [9.17, 15) is 18.3 Å². The Morgan fingerprint density at radius 1 is 1.12 bits per heavy atom. The molecule has 4 aromatic rings. The van der Waals surface area contributed by atoms with Crippen molar-refractivity contribution in [3.8, 4) is 17.0 Å². The normalized spacial score (nSPS) is 20.1. The van der Waals surface area contributed by atoms with Crippen molar-refractivity contribution in [2.24, 2.45) is 0 Å². The van der Waals surface area contributed by atoms with Gasteiger partial charge in [0.25, 0.3) is 0 Å². The van der Waals surface area contributed by atoms with Crippen molar-refractivity contribution in [3.05, 3.63) is 53.2 Å². The first kappa shape index (κ1) is 31.2. The van der Waals surface area contributed by atoms with Crippen LogP contribution in [-0.2, 0) is 13.0 Å². The van der Waals surface area contributed by atoms with E-state index in [1.807, 2.05) is 42.3 Å². The summed E-state index contributed by atoms with van der Waals surface area (Å²) in [6.07, 6.45) is -2.16. The minimum Gasteiger partial charge on any atom is -0.493 e. The number of hydrogen-bond donors (Lipinski definition) is 2. The van der Waals surface area contributed by atoms with Gasteiger partial charge in [-0.2, -0.15) is 13.2 Å². The number of halogens is 4. The maximum Gasteiger partial charge on any atom is 0.393 e. The van der Waals surface area contributed by atoms with Crippen molar-refractivity contribution in [1.29, 1.82) is 0 Å². The lowest BCUT2D eigenvalue weighted by Crippen LogP contribution is -2.38. The largest absolute Gasteiger partial charge is 0.493 e. The fourth-order valence-electron chi connectivity index (χ4n) is 5.65. The van der Waals surface area contributed by atoms with E-state index in [2.05, 4.69) is 30.4 Å². The molecule has 0 spiro atoms. The van der Waals surface area contributed by atoms with Gasteiger partial charge < -0.3 is 25.0 Å². The van der Waals surface area contributed by atoms with Gasteiger partial charge in [-0.25, -0.2) is 9.97 Å². The molecule has 43 heavy (non-hydrogen) atoms. The summed E-state index contributed by atoms with van der Waals surface area (Å²) in [7, 11) is 3.47. The summed E-state index contributed by atoms with van der Waals surface area (Å²) in [6, 6.07) is 11.4. The first-order valence-corrected chi connectivity index (χ1v) is 14.7. The lowest BCUT2D eigenvalue weighted by molar-refractivity contribution is -0.126. The molecule has 1 saturated heterocycles. The number of aromatic nitrogens is 4. The zero-order chi connectivity index (χ0) is 29.4. The highest BCUT2D eigenvalue weighted by Gasteiger charge is 2.37. The van der Waals surface area contributed by atoms with Gasteiger partial charge in [0, 0.05) is 49.2 Å². The maximum absolute atomic E-state index is 12.9. The Balaban J connectivity index is 0.00000368. The molecule has 4 heterocycles. The maximum atomic E-state index is 12.9. The van der Waals surface area contributed by atoms with E-state index in [0.29, 0.717) is 41.2 Å². The second-order valence-electron chi connectivity index (χ2n) is 10.9. The summed E-state index contributed by atoms with van der Waals surface area (Å²) in [5.74, 6) is 2.03. The van der Waals surface area contributed by atoms with Gasteiger partial charge >= 0.3 is 6.18 Å². The number of thiophene rings is 1. The first-order valence-electron chi connectivity index (χ1n) is 13.9. The van der Waals surface area contributed by atoms with Gasteiger partial charge in [0.15, 0.2) is 11.6 Å². The van der Waals surface area contributed by atoms with Gasteiger partial charge in [-0.05, 0) is 30.9 Å². The number of alkyl halides is 3. The standard InChI is InChI=1S/C29H32F3N7O2S.ClH/c1-38(26-21-12-20(14-29(30,31)32)42-28(21)35-16-34-26)23-10-19(11-24(23)40)33-15-17-4-6-18(7-5-17)22-13-25(41-2)27(37-36-22)39-8-3-9-39;/h4-7,12-13,16,19,23-24,33,40H,3,8-11,14-15H2,1-2H3;1H/t19-,23+,24-;/m1./s1. The Morgan fingerprint density at radius 2 is 1.88 bits per heavy atom. The number of ether oxygens (including phenoxy) is 1. The number of methoxy groups -OCH3 is 1. The number of aliphatic hydroxyl groups is 1. The Labute approximate surface area is 257 Å². The fraction of sp³-hybridized carbons (Fsp3) is 0.448. The molecule has 0 radical (unpaired) electrons. The van der Waals surface area contributed by atoms with Crippen LogP contribution in [0.25, 0.3) is 21.5 Å². The molecule has 0 amide bonds. The van der Waals surface area contributed by atoms with Gasteiger partial charge in [0.05, 0.1) is 36.8 Å². The number of fused-ring (bicyclic) bond motifs is 1. The molecule has 0 bridgehead atoms. The molecule has 1 aliphatic heterocycles. The molecule has 2 fully saturated rings. The van der Waals surface area contributed by atoms with Gasteiger partial charge in [0.1, 0.15) is 17.0 Å². The Bertz CT molecular complexity index is 1550. The van der Waals surface area contributed by atoms with E-state index in [0.717, 1.165) is 53.5 Å². The lowest BCUT2D eigenvalue weighted by Gasteiger charge is -2.32. The van der Waals surface area contributed by atoms with Crippen LogP contribution >= 0.6 is 23.7 Å². The highest BCUT2D eigenvalue weighted by Crippen LogP contribution is 2.36. The van der Waals surface area contributed by atoms with Crippen molar-refractivity contribution in [2.75, 3.05) is 37.0 Å². The third-order valence-corrected chi connectivity index (χ3v) is 9.07. The average Bonchev–Trinajstić information content (AvgIpc) is 3.52. The number of hydrogen-bond acceptors (Lipinski definition) is 10. The number of likely N-dealkylation sites (N-methyl/N-ethyl adjacent to an activating group) is 1. The summed E-state index contributed by atoms with van der Waals surface area (Å²) >= 11 is 1.02. The molecule has 2 aliphatic rings. The summed E-state index contributed by atoms with van der Waals surface area (Å²) < 4.78 is 44.4. The molecule has 14 heteroatoms. The number of nitrogens with one attached hydrogen (secondary N) is 1. The van der Waals surface area contributed by atoms with Gasteiger partial charge in [-0.1, -0.05) is 24.3 Å². The van der Waals surface area contributed by atoms with Crippen molar-refractivity contribution in [1.82, 2.24) is 25.5 Å². The van der Waals surface area contributed by atoms with Crippen LogP contribution < -0.4 is 19.9 Å². The SMILES string of the molecule is COc1cc(-c2ccc(CN[C@H]3C[C@@H](O)[C@@H](N(C)c4ncnc5sc(CC(F)(F)F)cc45)C3)cc2)nnc1N1CCC1.Cl. The molecule has 6 rings (SSSR count). The summed E-state index contributed by atoms with van der Waals surface area (Å²) in [5, 5.41) is 23.8. The number of rotatable bonds is 9. The Kier molecular flexibility index (Phi) is 9.26. The second-order valence-corrected chi connectivity index (χ2v) is 12.0. The summed E-state index contributed by atoms with van der Waals surface area (Å²) in [6.45, 7) is 2.55. The van der Waals surface area contributed by atoms with Crippen molar-refractivity contribution in [2.45, 2.75) is 56.6 Å². The van der Waals surface area contributed by atoms with Crippen LogP contribution in [0.2, 0.25) is 0 Å². The molecule has 1 saturated carbocycles. The molecule has 230 valence electrons. The highest BCUT2D eigenvalue weighted by molar-refractivity contribution is 7.18. The monoisotopic (exact) mass is 635 g/mol. The van der Waals surface area contributed by atoms with E-state index in [4.69, 9.17) is 4.74 Å². The van der Waals surface area contributed by atoms with Crippen LogP contribution in [-0.4, -0.2) is 76.9 Å². The average molecular weight is 636 g/mol. The quantitative estimate of drug-likeness (QED) is 0.263. The number of anilines is 2. The Morgan fingerprint density at radius 3 is 2.56 bits per heavy atom. The lowest BCUT2D eigenvalue weighted by atomic mass is 10.1. The minimum atomic E-state index is -4.29.